The normalized spacial score (nSPS) is 10.2. The van der Waals surface area contributed by atoms with Gasteiger partial charge in [0.2, 0.25) is 0 Å². The van der Waals surface area contributed by atoms with Crippen molar-refractivity contribution in [1.29, 1.82) is 0 Å². The van der Waals surface area contributed by atoms with Gasteiger partial charge in [0.1, 0.15) is 12.4 Å². The number of amides is 2. The third-order valence-electron chi connectivity index (χ3n) is 4.04. The molecule has 0 fully saturated rings. The first-order chi connectivity index (χ1) is 12.7. The van der Waals surface area contributed by atoms with Crippen molar-refractivity contribution in [2.75, 3.05) is 25.5 Å². The number of likely N-dealkylation sites (N-methyl/N-ethyl adjacent to an activating group) is 1. The minimum Gasteiger partial charge on any atom is -0.492 e. The molecule has 3 rings (SSSR count). The molecule has 0 heterocycles. The van der Waals surface area contributed by atoms with Crippen LogP contribution in [0.1, 0.15) is 0 Å². The molecular weight excluding hydrogens is 324 g/mol. The molecule has 0 saturated carbocycles. The number of rotatable bonds is 6. The number of ether oxygens (including phenoxy) is 1. The minimum atomic E-state index is -0.162. The van der Waals surface area contributed by atoms with Gasteiger partial charge in [0, 0.05) is 12.6 Å². The molecule has 1 N–H and O–H groups in total. The Balaban J connectivity index is 1.59. The molecule has 0 aliphatic rings. The number of hydrogen-bond acceptors (Lipinski definition) is 2. The molecule has 0 aliphatic carbocycles. The van der Waals surface area contributed by atoms with E-state index in [9.17, 15) is 4.79 Å². The largest absolute Gasteiger partial charge is 0.492 e. The van der Waals surface area contributed by atoms with Gasteiger partial charge in [-0.15, -0.1) is 0 Å². The Bertz CT molecular complexity index is 835. The van der Waals surface area contributed by atoms with Crippen molar-refractivity contribution in [1.82, 2.24) is 4.90 Å². The Labute approximate surface area is 154 Å². The Morgan fingerprint density at radius 3 is 2.23 bits per heavy atom. The lowest BCUT2D eigenvalue weighted by atomic mass is 10.0. The number of nitrogens with zero attached hydrogens (tertiary/aromatic N) is 1. The van der Waals surface area contributed by atoms with Gasteiger partial charge in [-0.25, -0.2) is 4.79 Å². The maximum absolute atomic E-state index is 12.5. The molecule has 0 atom stereocenters. The van der Waals surface area contributed by atoms with Gasteiger partial charge in [0.05, 0.1) is 12.2 Å². The summed E-state index contributed by atoms with van der Waals surface area (Å²) < 4.78 is 5.65. The van der Waals surface area contributed by atoms with Gasteiger partial charge in [0.25, 0.3) is 0 Å². The number of anilines is 1. The molecular formula is C22H22N2O2. The fraction of sp³-hybridized carbons (Fsp3) is 0.136. The van der Waals surface area contributed by atoms with Gasteiger partial charge in [-0.05, 0) is 23.8 Å². The van der Waals surface area contributed by atoms with Crippen LogP contribution in [-0.2, 0) is 0 Å². The zero-order valence-corrected chi connectivity index (χ0v) is 14.8. The molecule has 0 radical (unpaired) electrons. The molecule has 132 valence electrons. The predicted octanol–water partition coefficient (Wildman–Crippen LogP) is 4.90. The Hall–Kier alpha value is -3.27. The van der Waals surface area contributed by atoms with Crippen molar-refractivity contribution in [3.63, 3.8) is 0 Å². The molecule has 0 bridgehead atoms. The van der Waals surface area contributed by atoms with E-state index in [4.69, 9.17) is 4.74 Å². The van der Waals surface area contributed by atoms with Gasteiger partial charge >= 0.3 is 6.03 Å². The standard InChI is InChI=1S/C22H22N2O2/c1-24(16-17-26-19-12-6-3-7-13-19)22(25)23-21-15-9-8-14-20(21)18-10-4-2-5-11-18/h2-15H,16-17H2,1H3,(H,23,25). The van der Waals surface area contributed by atoms with Gasteiger partial charge in [0.15, 0.2) is 0 Å². The first kappa shape index (κ1) is 17.5. The van der Waals surface area contributed by atoms with E-state index in [2.05, 4.69) is 5.32 Å². The SMILES string of the molecule is CN(CCOc1ccccc1)C(=O)Nc1ccccc1-c1ccccc1. The van der Waals surface area contributed by atoms with Crippen LogP contribution in [0.5, 0.6) is 5.75 Å². The van der Waals surface area contributed by atoms with Crippen LogP contribution in [0.25, 0.3) is 11.1 Å². The predicted molar refractivity (Wildman–Crippen MR) is 105 cm³/mol. The van der Waals surface area contributed by atoms with Crippen molar-refractivity contribution in [2.24, 2.45) is 0 Å². The van der Waals surface area contributed by atoms with Gasteiger partial charge in [-0.3, -0.25) is 0 Å². The fourth-order valence-electron chi connectivity index (χ4n) is 2.59. The maximum atomic E-state index is 12.5. The minimum absolute atomic E-state index is 0.162. The second-order valence-electron chi connectivity index (χ2n) is 5.92. The highest BCUT2D eigenvalue weighted by Crippen LogP contribution is 2.27. The van der Waals surface area contributed by atoms with Crippen LogP contribution in [0.15, 0.2) is 84.9 Å². The molecule has 0 saturated heterocycles. The molecule has 0 aromatic heterocycles. The number of carbonyl (C=O) groups is 1. The molecule has 4 nitrogen and oxygen atoms in total. The number of nitrogens with one attached hydrogen (secondary N) is 1. The summed E-state index contributed by atoms with van der Waals surface area (Å²) in [6.07, 6.45) is 0. The van der Waals surface area contributed by atoms with Crippen molar-refractivity contribution in [3.8, 4) is 16.9 Å². The Kier molecular flexibility index (Phi) is 5.88. The Morgan fingerprint density at radius 1 is 0.885 bits per heavy atom. The summed E-state index contributed by atoms with van der Waals surface area (Å²) in [7, 11) is 1.76. The molecule has 0 aliphatic heterocycles. The van der Waals surface area contributed by atoms with Crippen LogP contribution in [0.4, 0.5) is 10.5 Å². The van der Waals surface area contributed by atoms with E-state index >= 15 is 0 Å². The quantitative estimate of drug-likeness (QED) is 0.690. The van der Waals surface area contributed by atoms with Crippen molar-refractivity contribution in [3.05, 3.63) is 84.9 Å². The summed E-state index contributed by atoms with van der Waals surface area (Å²) in [6, 6.07) is 27.2. The second kappa shape index (κ2) is 8.72. The zero-order chi connectivity index (χ0) is 18.2. The molecule has 26 heavy (non-hydrogen) atoms. The highest BCUT2D eigenvalue weighted by molar-refractivity contribution is 5.94. The smallest absolute Gasteiger partial charge is 0.321 e. The third-order valence-corrected chi connectivity index (χ3v) is 4.04. The summed E-state index contributed by atoms with van der Waals surface area (Å²) in [5.74, 6) is 0.802. The molecule has 0 spiro atoms. The first-order valence-electron chi connectivity index (χ1n) is 8.58. The van der Waals surface area contributed by atoms with Gasteiger partial charge in [-0.1, -0.05) is 66.7 Å². The van der Waals surface area contributed by atoms with E-state index in [1.54, 1.807) is 11.9 Å². The monoisotopic (exact) mass is 346 g/mol. The lowest BCUT2D eigenvalue weighted by molar-refractivity contribution is 0.207. The van der Waals surface area contributed by atoms with Crippen LogP contribution in [0.2, 0.25) is 0 Å². The number of benzene rings is 3. The summed E-state index contributed by atoms with van der Waals surface area (Å²) in [5, 5.41) is 2.99. The van der Waals surface area contributed by atoms with Crippen LogP contribution in [0, 0.1) is 0 Å². The fourth-order valence-corrected chi connectivity index (χ4v) is 2.59. The van der Waals surface area contributed by atoms with E-state index in [0.717, 1.165) is 22.6 Å². The number of hydrogen-bond donors (Lipinski definition) is 1. The van der Waals surface area contributed by atoms with E-state index in [-0.39, 0.29) is 6.03 Å². The molecule has 3 aromatic rings. The van der Waals surface area contributed by atoms with Crippen LogP contribution < -0.4 is 10.1 Å². The Morgan fingerprint density at radius 2 is 1.50 bits per heavy atom. The molecule has 3 aromatic carbocycles. The summed E-state index contributed by atoms with van der Waals surface area (Å²) in [6.45, 7) is 0.933. The summed E-state index contributed by atoms with van der Waals surface area (Å²) in [4.78, 5) is 14.1. The molecule has 4 heteroatoms. The first-order valence-corrected chi connectivity index (χ1v) is 8.58. The number of para-hydroxylation sites is 2. The topological polar surface area (TPSA) is 41.6 Å². The van der Waals surface area contributed by atoms with Crippen molar-refractivity contribution >= 4 is 11.7 Å². The average molecular weight is 346 g/mol. The van der Waals surface area contributed by atoms with Crippen LogP contribution >= 0.6 is 0 Å². The van der Waals surface area contributed by atoms with Gasteiger partial charge < -0.3 is 15.0 Å². The van der Waals surface area contributed by atoms with Crippen LogP contribution in [0.3, 0.4) is 0 Å². The lowest BCUT2D eigenvalue weighted by Gasteiger charge is -2.19. The molecule has 2 amide bonds. The second-order valence-corrected chi connectivity index (χ2v) is 5.92. The highest BCUT2D eigenvalue weighted by Gasteiger charge is 2.12. The maximum Gasteiger partial charge on any atom is 0.321 e. The zero-order valence-electron chi connectivity index (χ0n) is 14.8. The summed E-state index contributed by atoms with van der Waals surface area (Å²) >= 11 is 0. The van der Waals surface area contributed by atoms with E-state index < -0.39 is 0 Å². The van der Waals surface area contributed by atoms with Crippen molar-refractivity contribution in [2.45, 2.75) is 0 Å². The van der Waals surface area contributed by atoms with E-state index in [1.165, 1.54) is 0 Å². The van der Waals surface area contributed by atoms with E-state index in [0.29, 0.717) is 13.2 Å². The lowest BCUT2D eigenvalue weighted by Crippen LogP contribution is -2.34. The van der Waals surface area contributed by atoms with Crippen LogP contribution in [-0.4, -0.2) is 31.1 Å². The molecule has 0 unspecified atom stereocenters. The van der Waals surface area contributed by atoms with Crippen molar-refractivity contribution < 1.29 is 9.53 Å². The summed E-state index contributed by atoms with van der Waals surface area (Å²) in [5.41, 5.74) is 2.85. The average Bonchev–Trinajstić information content (AvgIpc) is 2.70. The third kappa shape index (κ3) is 4.63. The van der Waals surface area contributed by atoms with E-state index in [1.807, 2.05) is 84.9 Å². The van der Waals surface area contributed by atoms with Gasteiger partial charge in [-0.2, -0.15) is 0 Å². The number of carbonyl (C=O) groups excluding carboxylic acids is 1. The highest BCUT2D eigenvalue weighted by atomic mass is 16.5. The number of urea groups is 1.